The van der Waals surface area contributed by atoms with Gasteiger partial charge in [0.2, 0.25) is 5.71 Å². The molecule has 150 valence electrons. The van der Waals surface area contributed by atoms with Crippen LogP contribution in [0, 0.1) is 6.92 Å². The van der Waals surface area contributed by atoms with E-state index in [4.69, 9.17) is 9.15 Å². The van der Waals surface area contributed by atoms with Gasteiger partial charge < -0.3 is 19.4 Å². The fourth-order valence-corrected chi connectivity index (χ4v) is 3.75. The topological polar surface area (TPSA) is 93.4 Å². The third-order valence-electron chi connectivity index (χ3n) is 5.71. The summed E-state index contributed by atoms with van der Waals surface area (Å²) in [7, 11) is 0. The Bertz CT molecular complexity index is 1060. The smallest absolute Gasteiger partial charge is 0.258 e. The third kappa shape index (κ3) is 3.33. The highest BCUT2D eigenvalue weighted by Gasteiger charge is 2.39. The number of aromatic nitrogens is 3. The van der Waals surface area contributed by atoms with Crippen LogP contribution in [0.4, 0.5) is 5.82 Å². The van der Waals surface area contributed by atoms with Crippen molar-refractivity contribution in [1.29, 1.82) is 0 Å². The summed E-state index contributed by atoms with van der Waals surface area (Å²) in [5.41, 5.74) is 1.95. The highest BCUT2D eigenvalue weighted by molar-refractivity contribution is 6.10. The molecular weight excluding hydrogens is 370 g/mol. The molecule has 1 aliphatic carbocycles. The van der Waals surface area contributed by atoms with Crippen molar-refractivity contribution in [1.82, 2.24) is 19.9 Å². The number of amides is 1. The first-order valence-corrected chi connectivity index (χ1v) is 9.87. The van der Waals surface area contributed by atoms with Crippen molar-refractivity contribution in [2.75, 3.05) is 25.0 Å². The van der Waals surface area contributed by atoms with E-state index < -0.39 is 0 Å². The summed E-state index contributed by atoms with van der Waals surface area (Å²) >= 11 is 0. The summed E-state index contributed by atoms with van der Waals surface area (Å²) in [6, 6.07) is 3.84. The molecule has 2 aliphatic rings. The Morgan fingerprint density at radius 2 is 2.21 bits per heavy atom. The number of rotatable bonds is 4. The van der Waals surface area contributed by atoms with Crippen molar-refractivity contribution >= 4 is 22.8 Å². The van der Waals surface area contributed by atoms with Crippen LogP contribution in [-0.4, -0.2) is 51.0 Å². The quantitative estimate of drug-likeness (QED) is 0.728. The summed E-state index contributed by atoms with van der Waals surface area (Å²) in [4.78, 5) is 28.1. The number of fused-ring (bicyclic) bond motifs is 1. The first-order valence-electron chi connectivity index (χ1n) is 9.87. The minimum absolute atomic E-state index is 0.0249. The van der Waals surface area contributed by atoms with Crippen molar-refractivity contribution in [2.24, 2.45) is 0 Å². The second-order valence-corrected chi connectivity index (χ2v) is 8.02. The molecule has 0 radical (unpaired) electrons. The maximum absolute atomic E-state index is 13.5. The molecule has 0 spiro atoms. The fraction of sp³-hybridized carbons (Fsp3) is 0.429. The SMILES string of the molecule is Cc1oc2ncnc(NC3(C)CC3)c2c1C(=O)N1CCOC(c2cccnc2)C1. The van der Waals surface area contributed by atoms with Crippen LogP contribution < -0.4 is 5.32 Å². The van der Waals surface area contributed by atoms with E-state index in [1.54, 1.807) is 19.3 Å². The number of pyridine rings is 1. The monoisotopic (exact) mass is 393 g/mol. The standard InChI is InChI=1S/C21H23N5O3/c1-13-16(17-18(25-21(2)5-6-21)23-12-24-19(17)29-13)20(27)26-8-9-28-15(11-26)14-4-3-7-22-10-14/h3-4,7,10,12,15H,5-6,8-9,11H2,1-2H3,(H,23,24,25). The van der Waals surface area contributed by atoms with Gasteiger partial charge in [-0.1, -0.05) is 6.07 Å². The van der Waals surface area contributed by atoms with E-state index in [0.717, 1.165) is 18.4 Å². The molecule has 0 aromatic carbocycles. The molecule has 1 atom stereocenters. The Morgan fingerprint density at radius 3 is 2.97 bits per heavy atom. The fourth-order valence-electron chi connectivity index (χ4n) is 3.75. The lowest BCUT2D eigenvalue weighted by Crippen LogP contribution is -2.42. The van der Waals surface area contributed by atoms with Crippen molar-refractivity contribution in [2.45, 2.75) is 38.3 Å². The van der Waals surface area contributed by atoms with Crippen LogP contribution in [0.25, 0.3) is 11.1 Å². The third-order valence-corrected chi connectivity index (χ3v) is 5.71. The van der Waals surface area contributed by atoms with Gasteiger partial charge in [0.05, 0.1) is 24.1 Å². The lowest BCUT2D eigenvalue weighted by Gasteiger charge is -2.33. The molecule has 1 saturated heterocycles. The van der Waals surface area contributed by atoms with E-state index in [-0.39, 0.29) is 17.6 Å². The van der Waals surface area contributed by atoms with Crippen molar-refractivity contribution in [3.63, 3.8) is 0 Å². The lowest BCUT2D eigenvalue weighted by molar-refractivity contribution is -0.0229. The largest absolute Gasteiger partial charge is 0.442 e. The summed E-state index contributed by atoms with van der Waals surface area (Å²) in [6.07, 6.45) is 6.94. The minimum Gasteiger partial charge on any atom is -0.442 e. The summed E-state index contributed by atoms with van der Waals surface area (Å²) in [5.74, 6) is 1.13. The second kappa shape index (κ2) is 6.81. The van der Waals surface area contributed by atoms with Crippen LogP contribution in [0.15, 0.2) is 35.3 Å². The summed E-state index contributed by atoms with van der Waals surface area (Å²) in [5, 5.41) is 4.13. The van der Waals surface area contributed by atoms with E-state index in [1.807, 2.05) is 17.0 Å². The van der Waals surface area contributed by atoms with Gasteiger partial charge in [-0.2, -0.15) is 0 Å². The van der Waals surface area contributed by atoms with E-state index >= 15 is 0 Å². The van der Waals surface area contributed by atoms with Gasteiger partial charge in [0.15, 0.2) is 0 Å². The Hall–Kier alpha value is -3.00. The maximum atomic E-state index is 13.5. The highest BCUT2D eigenvalue weighted by Crippen LogP contribution is 2.40. The summed E-state index contributed by atoms with van der Waals surface area (Å²) < 4.78 is 11.7. The number of carbonyl (C=O) groups excluding carboxylic acids is 1. The van der Waals surface area contributed by atoms with Gasteiger partial charge in [0.25, 0.3) is 5.91 Å². The van der Waals surface area contributed by atoms with Gasteiger partial charge in [-0.05, 0) is 32.8 Å². The number of hydrogen-bond acceptors (Lipinski definition) is 7. The van der Waals surface area contributed by atoms with Gasteiger partial charge in [-0.25, -0.2) is 9.97 Å². The molecule has 29 heavy (non-hydrogen) atoms. The number of nitrogens with zero attached hydrogens (tertiary/aromatic N) is 4. The number of morpholine rings is 1. The number of anilines is 1. The molecule has 1 N–H and O–H groups in total. The molecule has 0 bridgehead atoms. The van der Waals surface area contributed by atoms with Crippen LogP contribution in [0.5, 0.6) is 0 Å². The van der Waals surface area contributed by atoms with E-state index in [2.05, 4.69) is 27.2 Å². The first-order chi connectivity index (χ1) is 14.0. The predicted molar refractivity (Wildman–Crippen MR) is 107 cm³/mol. The molecular formula is C21H23N5O3. The van der Waals surface area contributed by atoms with Crippen molar-refractivity contribution < 1.29 is 13.9 Å². The number of furan rings is 1. The maximum Gasteiger partial charge on any atom is 0.258 e. The molecule has 5 rings (SSSR count). The Balaban J connectivity index is 1.48. The minimum atomic E-state index is -0.195. The number of ether oxygens (including phenoxy) is 1. The average molecular weight is 393 g/mol. The van der Waals surface area contributed by atoms with E-state index in [9.17, 15) is 4.79 Å². The van der Waals surface area contributed by atoms with Crippen LogP contribution in [0.2, 0.25) is 0 Å². The van der Waals surface area contributed by atoms with Gasteiger partial charge in [-0.3, -0.25) is 9.78 Å². The van der Waals surface area contributed by atoms with Gasteiger partial charge in [0.1, 0.15) is 24.0 Å². The van der Waals surface area contributed by atoms with E-state index in [1.165, 1.54) is 6.33 Å². The van der Waals surface area contributed by atoms with Gasteiger partial charge in [-0.15, -0.1) is 0 Å². The van der Waals surface area contributed by atoms with E-state index in [0.29, 0.717) is 47.9 Å². The highest BCUT2D eigenvalue weighted by atomic mass is 16.5. The number of aryl methyl sites for hydroxylation is 1. The average Bonchev–Trinajstić information content (AvgIpc) is 3.36. The van der Waals surface area contributed by atoms with Crippen molar-refractivity contribution in [3.05, 3.63) is 47.7 Å². The number of nitrogens with one attached hydrogen (secondary N) is 1. The first kappa shape index (κ1) is 18.1. The lowest BCUT2D eigenvalue weighted by atomic mass is 10.1. The molecule has 1 amide bonds. The molecule has 1 saturated carbocycles. The molecule has 3 aromatic heterocycles. The zero-order valence-electron chi connectivity index (χ0n) is 16.5. The second-order valence-electron chi connectivity index (χ2n) is 8.02. The van der Waals surface area contributed by atoms with Crippen LogP contribution >= 0.6 is 0 Å². The normalized spacial score (nSPS) is 20.6. The number of carbonyl (C=O) groups is 1. The molecule has 1 unspecified atom stereocenters. The Kier molecular flexibility index (Phi) is 4.24. The van der Waals surface area contributed by atoms with Crippen LogP contribution in [0.1, 0.15) is 47.6 Å². The van der Waals surface area contributed by atoms with Gasteiger partial charge in [0, 0.05) is 30.0 Å². The van der Waals surface area contributed by atoms with Crippen LogP contribution in [-0.2, 0) is 4.74 Å². The Morgan fingerprint density at radius 1 is 1.34 bits per heavy atom. The predicted octanol–water partition coefficient (Wildman–Crippen LogP) is 3.10. The molecule has 8 heteroatoms. The molecule has 4 heterocycles. The molecule has 8 nitrogen and oxygen atoms in total. The zero-order chi connectivity index (χ0) is 20.0. The molecule has 3 aromatic rings. The van der Waals surface area contributed by atoms with Crippen molar-refractivity contribution in [3.8, 4) is 0 Å². The zero-order valence-corrected chi connectivity index (χ0v) is 16.5. The molecule has 1 aliphatic heterocycles. The molecule has 2 fully saturated rings. The van der Waals surface area contributed by atoms with Gasteiger partial charge >= 0.3 is 0 Å². The Labute approximate surface area is 168 Å². The summed E-state index contributed by atoms with van der Waals surface area (Å²) in [6.45, 7) is 5.41. The van der Waals surface area contributed by atoms with Crippen LogP contribution in [0.3, 0.4) is 0 Å². The number of hydrogen-bond donors (Lipinski definition) is 1.